The third kappa shape index (κ3) is 5.79. The van der Waals surface area contributed by atoms with E-state index in [1.807, 2.05) is 42.5 Å². The highest BCUT2D eigenvalue weighted by atomic mass is 14.9. The largest absolute Gasteiger partial charge is 0.228 e. The molecule has 0 aliphatic carbocycles. The molecule has 0 aliphatic rings. The predicted molar refractivity (Wildman–Crippen MR) is 214 cm³/mol. The van der Waals surface area contributed by atoms with Crippen LogP contribution in [-0.4, -0.2) is 9.97 Å². The zero-order valence-corrected chi connectivity index (χ0v) is 28.2. The minimum atomic E-state index is 0.666. The van der Waals surface area contributed by atoms with Crippen LogP contribution in [0.25, 0.3) is 88.8 Å². The van der Waals surface area contributed by atoms with Gasteiger partial charge in [0.1, 0.15) is 0 Å². The molecular weight excluding hydrogens is 631 g/mol. The smallest absolute Gasteiger partial charge is 0.160 e. The summed E-state index contributed by atoms with van der Waals surface area (Å²) in [5.74, 6) is 0.712. The van der Waals surface area contributed by atoms with Gasteiger partial charge in [0.25, 0.3) is 0 Å². The van der Waals surface area contributed by atoms with Crippen LogP contribution in [0.2, 0.25) is 0 Å². The van der Waals surface area contributed by atoms with Crippen LogP contribution in [0.3, 0.4) is 0 Å². The van der Waals surface area contributed by atoms with E-state index in [1.165, 1.54) is 33.0 Å². The van der Waals surface area contributed by atoms with Crippen molar-refractivity contribution in [3.63, 3.8) is 0 Å². The van der Waals surface area contributed by atoms with Crippen molar-refractivity contribution in [2.24, 2.45) is 0 Å². The van der Waals surface area contributed by atoms with Gasteiger partial charge in [0.15, 0.2) is 5.82 Å². The van der Waals surface area contributed by atoms with Crippen molar-refractivity contribution in [3.8, 4) is 73.2 Å². The third-order valence-electron chi connectivity index (χ3n) is 9.79. The number of rotatable bonds is 6. The first-order valence-electron chi connectivity index (χ1n) is 17.4. The number of fused-ring (bicyclic) bond motifs is 2. The Morgan fingerprint density at radius 2 is 0.750 bits per heavy atom. The minimum Gasteiger partial charge on any atom is -0.228 e. The van der Waals surface area contributed by atoms with E-state index in [9.17, 15) is 0 Å². The normalized spacial score (nSPS) is 11.1. The Balaban J connectivity index is 1.05. The lowest BCUT2D eigenvalue weighted by atomic mass is 9.91. The van der Waals surface area contributed by atoms with E-state index in [2.05, 4.69) is 152 Å². The highest BCUT2D eigenvalue weighted by molar-refractivity contribution is 6.05. The molecule has 0 atom stereocenters. The van der Waals surface area contributed by atoms with Gasteiger partial charge in [0.2, 0.25) is 0 Å². The quantitative estimate of drug-likeness (QED) is 0.178. The fourth-order valence-electron chi connectivity index (χ4n) is 7.06. The summed E-state index contributed by atoms with van der Waals surface area (Å²) in [6, 6.07) is 67.6. The van der Waals surface area contributed by atoms with E-state index in [0.29, 0.717) is 11.4 Å². The summed E-state index contributed by atoms with van der Waals surface area (Å²) in [5, 5.41) is 12.6. The Morgan fingerprint density at radius 3 is 1.31 bits per heavy atom. The second-order valence-corrected chi connectivity index (χ2v) is 12.9. The summed E-state index contributed by atoms with van der Waals surface area (Å²) in [4.78, 5) is 10.1. The summed E-state index contributed by atoms with van der Waals surface area (Å²) in [7, 11) is 0. The average Bonchev–Trinajstić information content (AvgIpc) is 3.23. The third-order valence-corrected chi connectivity index (χ3v) is 9.79. The van der Waals surface area contributed by atoms with Gasteiger partial charge in [-0.15, -0.1) is 0 Å². The number of hydrogen-bond acceptors (Lipinski definition) is 3. The Morgan fingerprint density at radius 1 is 0.327 bits per heavy atom. The Labute approximate surface area is 302 Å². The van der Waals surface area contributed by atoms with Crippen LogP contribution in [0, 0.1) is 11.3 Å². The Kier molecular flexibility index (Phi) is 7.89. The summed E-state index contributed by atoms with van der Waals surface area (Å²) in [6.45, 7) is 0. The lowest BCUT2D eigenvalue weighted by Crippen LogP contribution is -1.95. The molecule has 0 aliphatic heterocycles. The average molecular weight is 662 g/mol. The van der Waals surface area contributed by atoms with Crippen LogP contribution in [-0.2, 0) is 0 Å². The first-order valence-corrected chi connectivity index (χ1v) is 17.4. The lowest BCUT2D eigenvalue weighted by molar-refractivity contribution is 1.23. The number of nitriles is 1. The minimum absolute atomic E-state index is 0.666. The molecule has 0 radical (unpaired) electrons. The highest BCUT2D eigenvalue weighted by Gasteiger charge is 2.14. The molecule has 3 nitrogen and oxygen atoms in total. The summed E-state index contributed by atoms with van der Waals surface area (Å²) in [6.07, 6.45) is 0. The van der Waals surface area contributed by atoms with E-state index < -0.39 is 0 Å². The Bertz CT molecular complexity index is 2740. The van der Waals surface area contributed by atoms with Crippen molar-refractivity contribution in [1.29, 1.82) is 5.26 Å². The number of benzene rings is 8. The molecule has 0 spiro atoms. The number of para-hydroxylation sites is 1. The molecule has 0 fully saturated rings. The van der Waals surface area contributed by atoms with E-state index >= 15 is 0 Å². The molecular formula is C49H31N3. The summed E-state index contributed by atoms with van der Waals surface area (Å²) < 4.78 is 0. The van der Waals surface area contributed by atoms with Gasteiger partial charge in [-0.05, 0) is 73.5 Å². The zero-order valence-electron chi connectivity index (χ0n) is 28.2. The molecule has 0 saturated carbocycles. The lowest BCUT2D eigenvalue weighted by Gasteiger charge is -2.14. The van der Waals surface area contributed by atoms with Gasteiger partial charge in [-0.25, -0.2) is 9.97 Å². The van der Waals surface area contributed by atoms with Crippen molar-refractivity contribution >= 4 is 21.7 Å². The van der Waals surface area contributed by atoms with Crippen molar-refractivity contribution in [3.05, 3.63) is 194 Å². The van der Waals surface area contributed by atoms with E-state index in [1.54, 1.807) is 0 Å². The van der Waals surface area contributed by atoms with Crippen molar-refractivity contribution in [2.45, 2.75) is 0 Å². The standard InChI is InChI=1S/C49H31N3/c50-32-33-14-16-35(17-15-33)37-18-22-38(23-19-37)42-30-31-43(45-11-5-4-10-44(42)45)39-24-26-40(27-25-39)48-46-12-6-7-13-47(46)51-49(52-48)41-28-20-36(21-29-41)34-8-2-1-3-9-34/h1-31H. The number of hydrogen-bond donors (Lipinski definition) is 0. The van der Waals surface area contributed by atoms with E-state index in [0.717, 1.165) is 50.0 Å². The van der Waals surface area contributed by atoms with Crippen molar-refractivity contribution in [2.75, 3.05) is 0 Å². The van der Waals surface area contributed by atoms with Gasteiger partial charge >= 0.3 is 0 Å². The molecule has 0 N–H and O–H groups in total. The molecule has 8 aromatic carbocycles. The van der Waals surface area contributed by atoms with Gasteiger partial charge in [-0.2, -0.15) is 5.26 Å². The molecule has 9 rings (SSSR count). The van der Waals surface area contributed by atoms with Crippen LogP contribution >= 0.6 is 0 Å². The fraction of sp³-hybridized carbons (Fsp3) is 0. The van der Waals surface area contributed by atoms with Crippen LogP contribution in [0.1, 0.15) is 5.56 Å². The highest BCUT2D eigenvalue weighted by Crippen LogP contribution is 2.38. The monoisotopic (exact) mass is 661 g/mol. The molecule has 1 heterocycles. The first kappa shape index (κ1) is 30.9. The molecule has 0 saturated heterocycles. The molecule has 242 valence electrons. The van der Waals surface area contributed by atoms with Crippen molar-refractivity contribution < 1.29 is 0 Å². The summed E-state index contributed by atoms with van der Waals surface area (Å²) >= 11 is 0. The maximum absolute atomic E-state index is 9.16. The summed E-state index contributed by atoms with van der Waals surface area (Å²) in [5.41, 5.74) is 13.8. The van der Waals surface area contributed by atoms with E-state index in [-0.39, 0.29) is 0 Å². The fourth-order valence-corrected chi connectivity index (χ4v) is 7.06. The van der Waals surface area contributed by atoms with Gasteiger partial charge in [0.05, 0.1) is 22.8 Å². The molecule has 52 heavy (non-hydrogen) atoms. The predicted octanol–water partition coefficient (Wildman–Crippen LogP) is 12.7. The number of aromatic nitrogens is 2. The maximum Gasteiger partial charge on any atom is 0.160 e. The molecule has 3 heteroatoms. The van der Waals surface area contributed by atoms with Crippen LogP contribution in [0.4, 0.5) is 0 Å². The second kappa shape index (κ2) is 13.3. The van der Waals surface area contributed by atoms with Gasteiger partial charge < -0.3 is 0 Å². The van der Waals surface area contributed by atoms with Crippen LogP contribution in [0.5, 0.6) is 0 Å². The van der Waals surface area contributed by atoms with Crippen LogP contribution in [0.15, 0.2) is 188 Å². The van der Waals surface area contributed by atoms with E-state index in [4.69, 9.17) is 15.2 Å². The first-order chi connectivity index (χ1) is 25.7. The zero-order chi connectivity index (χ0) is 34.9. The number of nitrogens with zero attached hydrogens (tertiary/aromatic N) is 3. The van der Waals surface area contributed by atoms with Gasteiger partial charge in [-0.1, -0.05) is 170 Å². The molecule has 0 bridgehead atoms. The molecule has 0 unspecified atom stereocenters. The van der Waals surface area contributed by atoms with Crippen LogP contribution < -0.4 is 0 Å². The van der Waals surface area contributed by atoms with Gasteiger partial charge in [0, 0.05) is 16.5 Å². The Hall–Kier alpha value is -7.15. The molecule has 1 aromatic heterocycles. The molecule has 9 aromatic rings. The topological polar surface area (TPSA) is 49.6 Å². The van der Waals surface area contributed by atoms with Crippen molar-refractivity contribution in [1.82, 2.24) is 9.97 Å². The molecule has 0 amide bonds. The SMILES string of the molecule is N#Cc1ccc(-c2ccc(-c3ccc(-c4ccc(-c5nc(-c6ccc(-c7ccccc7)cc6)nc6ccccc56)cc4)c4ccccc34)cc2)cc1. The second-order valence-electron chi connectivity index (χ2n) is 12.9. The maximum atomic E-state index is 9.16. The van der Waals surface area contributed by atoms with Gasteiger partial charge in [-0.3, -0.25) is 0 Å².